The molecule has 7 nitrogen and oxygen atoms in total. The Kier molecular flexibility index (Phi) is 4.56. The predicted octanol–water partition coefficient (Wildman–Crippen LogP) is 3.09. The third-order valence-corrected chi connectivity index (χ3v) is 5.06. The zero-order valence-electron chi connectivity index (χ0n) is 16.5. The van der Waals surface area contributed by atoms with Crippen molar-refractivity contribution in [1.29, 1.82) is 0 Å². The van der Waals surface area contributed by atoms with Crippen LogP contribution in [0.5, 0.6) is 0 Å². The molecule has 4 rings (SSSR count). The number of nitrogens with one attached hydrogen (secondary N) is 1. The number of hydrogen-bond donors (Lipinski definition) is 2. The molecule has 156 valence electrons. The van der Waals surface area contributed by atoms with Crippen molar-refractivity contribution >= 4 is 16.9 Å². The summed E-state index contributed by atoms with van der Waals surface area (Å²) in [6, 6.07) is 1.81. The van der Waals surface area contributed by atoms with Gasteiger partial charge in [0.25, 0.3) is 0 Å². The molecule has 1 aliphatic rings. The predicted molar refractivity (Wildman–Crippen MR) is 102 cm³/mol. The van der Waals surface area contributed by atoms with Crippen LogP contribution in [0.1, 0.15) is 44.3 Å². The summed E-state index contributed by atoms with van der Waals surface area (Å²) in [5.74, 6) is 1.31. The number of aromatic amines is 1. The average Bonchev–Trinajstić information content (AvgIpc) is 3.33. The minimum absolute atomic E-state index is 0.0164. The fourth-order valence-electron chi connectivity index (χ4n) is 3.55. The van der Waals surface area contributed by atoms with Crippen molar-refractivity contribution in [3.05, 3.63) is 35.5 Å². The first-order valence-electron chi connectivity index (χ1n) is 9.44. The van der Waals surface area contributed by atoms with Crippen LogP contribution in [0.3, 0.4) is 0 Å². The van der Waals surface area contributed by atoms with Crippen LogP contribution in [0.2, 0.25) is 0 Å². The number of halogens is 3. The number of aromatic nitrogens is 5. The Morgan fingerprint density at radius 3 is 2.62 bits per heavy atom. The number of fused-ring (bicyclic) bond motifs is 1. The molecule has 0 aromatic carbocycles. The van der Waals surface area contributed by atoms with E-state index in [0.29, 0.717) is 36.8 Å². The number of hydrogen-bond acceptors (Lipinski definition) is 5. The zero-order chi connectivity index (χ0) is 21.0. The van der Waals surface area contributed by atoms with Gasteiger partial charge in [0.05, 0.1) is 18.0 Å². The van der Waals surface area contributed by atoms with Gasteiger partial charge < -0.3 is 14.6 Å². The number of H-pyrrole nitrogens is 1. The minimum Gasteiger partial charge on any atom is -0.391 e. The van der Waals surface area contributed by atoms with Gasteiger partial charge in [-0.3, -0.25) is 5.10 Å². The molecule has 1 saturated heterocycles. The summed E-state index contributed by atoms with van der Waals surface area (Å²) < 4.78 is 41.3. The maximum atomic E-state index is 13.2. The summed E-state index contributed by atoms with van der Waals surface area (Å²) in [7, 11) is 0. The summed E-state index contributed by atoms with van der Waals surface area (Å²) in [6.45, 7) is 7.09. The van der Waals surface area contributed by atoms with Crippen molar-refractivity contribution in [2.75, 3.05) is 18.0 Å². The Bertz CT molecular complexity index is 1030. The third-order valence-electron chi connectivity index (χ3n) is 5.06. The minimum atomic E-state index is -4.53. The lowest BCUT2D eigenvalue weighted by Crippen LogP contribution is -2.25. The van der Waals surface area contributed by atoms with E-state index in [1.807, 2.05) is 31.7 Å². The van der Waals surface area contributed by atoms with Crippen molar-refractivity contribution in [3.8, 4) is 0 Å². The Balaban J connectivity index is 1.82. The summed E-state index contributed by atoms with van der Waals surface area (Å²) in [4.78, 5) is 11.4. The third kappa shape index (κ3) is 3.68. The Morgan fingerprint density at radius 1 is 1.24 bits per heavy atom. The highest BCUT2D eigenvalue weighted by Gasteiger charge is 2.36. The maximum Gasteiger partial charge on any atom is 0.435 e. The molecule has 0 aliphatic carbocycles. The van der Waals surface area contributed by atoms with Crippen LogP contribution < -0.4 is 4.90 Å². The second kappa shape index (κ2) is 6.72. The summed E-state index contributed by atoms with van der Waals surface area (Å²) >= 11 is 0. The smallest absolute Gasteiger partial charge is 0.391 e. The Morgan fingerprint density at radius 2 is 2.00 bits per heavy atom. The molecule has 4 heterocycles. The van der Waals surface area contributed by atoms with Crippen LogP contribution in [-0.4, -0.2) is 49.0 Å². The fraction of sp³-hybridized carbons (Fsp3) is 0.526. The first-order chi connectivity index (χ1) is 13.5. The molecule has 1 atom stereocenters. The number of β-amino-alcohol motifs (C(OH)–C–C–N with tert-alkyl or cyclic N) is 1. The molecular formula is C19H23F3N6O. The Labute approximate surface area is 165 Å². The molecular weight excluding hydrogens is 385 g/mol. The van der Waals surface area contributed by atoms with E-state index in [4.69, 9.17) is 4.98 Å². The van der Waals surface area contributed by atoms with Gasteiger partial charge in [-0.2, -0.15) is 18.3 Å². The highest BCUT2D eigenvalue weighted by atomic mass is 19.4. The van der Waals surface area contributed by atoms with Gasteiger partial charge in [0, 0.05) is 36.5 Å². The van der Waals surface area contributed by atoms with Gasteiger partial charge in [-0.25, -0.2) is 9.97 Å². The van der Waals surface area contributed by atoms with E-state index >= 15 is 0 Å². The highest BCUT2D eigenvalue weighted by molar-refractivity contribution is 5.88. The van der Waals surface area contributed by atoms with Gasteiger partial charge in [-0.1, -0.05) is 20.8 Å². The molecule has 1 unspecified atom stereocenters. The van der Waals surface area contributed by atoms with E-state index < -0.39 is 18.0 Å². The molecule has 1 fully saturated rings. The van der Waals surface area contributed by atoms with Gasteiger partial charge in [0.1, 0.15) is 17.3 Å². The number of nitrogens with zero attached hydrogens (tertiary/aromatic N) is 5. The van der Waals surface area contributed by atoms with Crippen molar-refractivity contribution in [3.63, 3.8) is 0 Å². The van der Waals surface area contributed by atoms with E-state index in [2.05, 4.69) is 15.2 Å². The van der Waals surface area contributed by atoms with Crippen LogP contribution in [0.15, 0.2) is 18.5 Å². The van der Waals surface area contributed by atoms with E-state index in [-0.39, 0.29) is 17.5 Å². The summed E-state index contributed by atoms with van der Waals surface area (Å²) in [6.07, 6.45) is -1.31. The largest absolute Gasteiger partial charge is 0.435 e. The van der Waals surface area contributed by atoms with Crippen molar-refractivity contribution in [2.45, 2.75) is 51.4 Å². The van der Waals surface area contributed by atoms with Gasteiger partial charge in [0.2, 0.25) is 0 Å². The van der Waals surface area contributed by atoms with Gasteiger partial charge in [-0.05, 0) is 12.5 Å². The Hall–Kier alpha value is -2.62. The lowest BCUT2D eigenvalue weighted by Gasteiger charge is -2.23. The second-order valence-electron chi connectivity index (χ2n) is 8.45. The molecule has 29 heavy (non-hydrogen) atoms. The van der Waals surface area contributed by atoms with Crippen molar-refractivity contribution in [1.82, 2.24) is 24.7 Å². The zero-order valence-corrected chi connectivity index (χ0v) is 16.5. The molecule has 0 bridgehead atoms. The number of aliphatic hydroxyl groups excluding tert-OH is 1. The van der Waals surface area contributed by atoms with Gasteiger partial charge in [0.15, 0.2) is 5.69 Å². The van der Waals surface area contributed by atoms with E-state index in [1.165, 1.54) is 6.20 Å². The molecule has 0 amide bonds. The molecule has 3 aromatic heterocycles. The number of anilines is 1. The first-order valence-corrected chi connectivity index (χ1v) is 9.44. The second-order valence-corrected chi connectivity index (χ2v) is 8.45. The van der Waals surface area contributed by atoms with Gasteiger partial charge in [-0.15, -0.1) is 0 Å². The number of alkyl halides is 3. The molecule has 2 N–H and O–H groups in total. The van der Waals surface area contributed by atoms with E-state index in [9.17, 15) is 18.3 Å². The van der Waals surface area contributed by atoms with Crippen LogP contribution >= 0.6 is 0 Å². The van der Waals surface area contributed by atoms with Crippen LogP contribution in [0.4, 0.5) is 19.0 Å². The molecule has 10 heteroatoms. The number of aliphatic hydroxyl groups is 1. The van der Waals surface area contributed by atoms with E-state index in [0.717, 1.165) is 5.39 Å². The quantitative estimate of drug-likeness (QED) is 0.696. The molecule has 0 spiro atoms. The summed E-state index contributed by atoms with van der Waals surface area (Å²) in [5.41, 5.74) is -0.657. The van der Waals surface area contributed by atoms with E-state index in [1.54, 1.807) is 10.8 Å². The SMILES string of the molecule is CC(C)(C)c1nc(N2CCC(O)C2)c2ccn(Cc3c[nH]nc3C(F)(F)F)c2n1. The van der Waals surface area contributed by atoms with Crippen molar-refractivity contribution in [2.24, 2.45) is 0 Å². The lowest BCUT2D eigenvalue weighted by atomic mass is 9.95. The molecule has 0 radical (unpaired) electrons. The molecule has 0 saturated carbocycles. The fourth-order valence-corrected chi connectivity index (χ4v) is 3.55. The first kappa shape index (κ1) is 19.7. The maximum absolute atomic E-state index is 13.2. The number of rotatable bonds is 3. The highest BCUT2D eigenvalue weighted by Crippen LogP contribution is 2.33. The monoisotopic (exact) mass is 408 g/mol. The summed E-state index contributed by atoms with van der Waals surface area (Å²) in [5, 5.41) is 16.4. The molecule has 3 aromatic rings. The molecule has 1 aliphatic heterocycles. The normalized spacial score (nSPS) is 18.2. The standard InChI is InChI=1S/C19H23F3N6O/c1-18(2,3)17-24-15-13(16(25-17)28-6-4-12(29)10-28)5-7-27(15)9-11-8-23-26-14(11)19(20,21)22/h5,7-8,12,29H,4,6,9-10H2,1-3H3,(H,23,26). The average molecular weight is 408 g/mol. The van der Waals surface area contributed by atoms with Crippen LogP contribution in [-0.2, 0) is 18.1 Å². The van der Waals surface area contributed by atoms with Crippen LogP contribution in [0, 0.1) is 0 Å². The van der Waals surface area contributed by atoms with Crippen LogP contribution in [0.25, 0.3) is 11.0 Å². The topological polar surface area (TPSA) is 82.9 Å². The van der Waals surface area contributed by atoms with Crippen molar-refractivity contribution < 1.29 is 18.3 Å². The lowest BCUT2D eigenvalue weighted by molar-refractivity contribution is -0.141. The van der Waals surface area contributed by atoms with Gasteiger partial charge >= 0.3 is 6.18 Å².